The Morgan fingerprint density at radius 3 is 2.76 bits per heavy atom. The lowest BCUT2D eigenvalue weighted by atomic mass is 10.5. The monoisotopic (exact) mass is 236 g/mol. The molecule has 2 aromatic rings. The maximum Gasteiger partial charge on any atom is 0.230 e. The predicted octanol–water partition coefficient (Wildman–Crippen LogP) is 1.44. The normalized spacial score (nSPS) is 10.4. The molecule has 6 nitrogen and oxygen atoms in total. The van der Waals surface area contributed by atoms with Crippen LogP contribution in [-0.2, 0) is 7.05 Å². The first-order valence-corrected chi connectivity index (χ1v) is 5.08. The highest BCUT2D eigenvalue weighted by atomic mass is 19.1. The molecule has 0 spiro atoms. The molecular formula is C10H13FN6. The number of rotatable bonds is 3. The first kappa shape index (κ1) is 11.3. The molecule has 0 aromatic carbocycles. The number of aryl methyl sites for hydroxylation is 2. The Bertz CT molecular complexity index is 536. The Hall–Kier alpha value is -2.18. The van der Waals surface area contributed by atoms with Crippen molar-refractivity contribution in [2.75, 3.05) is 17.7 Å². The fraction of sp³-hybridized carbons (Fsp3) is 0.300. The van der Waals surface area contributed by atoms with E-state index in [1.807, 2.05) is 13.0 Å². The third-order valence-corrected chi connectivity index (χ3v) is 2.22. The van der Waals surface area contributed by atoms with Gasteiger partial charge in [-0.2, -0.15) is 10.1 Å². The number of hydrogen-bond acceptors (Lipinski definition) is 5. The van der Waals surface area contributed by atoms with Crippen LogP contribution in [0.5, 0.6) is 0 Å². The van der Waals surface area contributed by atoms with Crippen LogP contribution >= 0.6 is 0 Å². The summed E-state index contributed by atoms with van der Waals surface area (Å²) in [6.07, 6.45) is 1.12. The lowest BCUT2D eigenvalue weighted by Gasteiger charge is -2.06. The second-order valence-corrected chi connectivity index (χ2v) is 3.56. The number of hydrogen-bond donors (Lipinski definition) is 2. The van der Waals surface area contributed by atoms with Crippen molar-refractivity contribution in [3.05, 3.63) is 23.8 Å². The van der Waals surface area contributed by atoms with Crippen LogP contribution in [0.1, 0.15) is 5.69 Å². The fourth-order valence-corrected chi connectivity index (χ4v) is 1.44. The highest BCUT2D eigenvalue weighted by molar-refractivity contribution is 5.51. The molecule has 0 radical (unpaired) electrons. The summed E-state index contributed by atoms with van der Waals surface area (Å²) in [5.41, 5.74) is 0.881. The topological polar surface area (TPSA) is 67.7 Å². The molecule has 0 aliphatic heterocycles. The van der Waals surface area contributed by atoms with Gasteiger partial charge < -0.3 is 10.6 Å². The van der Waals surface area contributed by atoms with E-state index in [4.69, 9.17) is 0 Å². The summed E-state index contributed by atoms with van der Waals surface area (Å²) >= 11 is 0. The first-order chi connectivity index (χ1) is 8.10. The summed E-state index contributed by atoms with van der Waals surface area (Å²) in [5, 5.41) is 9.80. The van der Waals surface area contributed by atoms with Crippen molar-refractivity contribution in [3.8, 4) is 0 Å². The molecule has 0 bridgehead atoms. The van der Waals surface area contributed by atoms with Crippen LogP contribution in [-0.4, -0.2) is 26.8 Å². The summed E-state index contributed by atoms with van der Waals surface area (Å²) in [6, 6.07) is 1.85. The van der Waals surface area contributed by atoms with Gasteiger partial charge in [0.05, 0.1) is 11.9 Å². The molecule has 0 aliphatic rings. The fourth-order valence-electron chi connectivity index (χ4n) is 1.44. The van der Waals surface area contributed by atoms with Gasteiger partial charge >= 0.3 is 0 Å². The minimum Gasteiger partial charge on any atom is -0.371 e. The Morgan fingerprint density at radius 1 is 1.41 bits per heavy atom. The van der Waals surface area contributed by atoms with Gasteiger partial charge in [0, 0.05) is 20.2 Å². The van der Waals surface area contributed by atoms with Crippen LogP contribution < -0.4 is 10.6 Å². The molecule has 0 amide bonds. The Kier molecular flexibility index (Phi) is 2.90. The molecule has 2 rings (SSSR count). The molecule has 2 N–H and O–H groups in total. The standard InChI is InChI=1S/C10H13FN6/c1-6-4-8(17(3)16-6)14-10-13-5-7(11)9(12-2)15-10/h4-5H,1-3H3,(H2,12,13,14,15). The largest absolute Gasteiger partial charge is 0.371 e. The van der Waals surface area contributed by atoms with Gasteiger partial charge in [-0.3, -0.25) is 4.68 Å². The van der Waals surface area contributed by atoms with Crippen molar-refractivity contribution in [2.24, 2.45) is 7.05 Å². The van der Waals surface area contributed by atoms with Crippen LogP contribution in [0.15, 0.2) is 12.3 Å². The molecule has 2 heterocycles. The molecule has 0 saturated carbocycles. The summed E-state index contributed by atoms with van der Waals surface area (Å²) < 4.78 is 14.8. The van der Waals surface area contributed by atoms with E-state index < -0.39 is 5.82 Å². The van der Waals surface area contributed by atoms with E-state index in [1.165, 1.54) is 0 Å². The number of nitrogens with one attached hydrogen (secondary N) is 2. The van der Waals surface area contributed by atoms with E-state index in [2.05, 4.69) is 25.7 Å². The molecule has 0 saturated heterocycles. The summed E-state index contributed by atoms with van der Waals surface area (Å²) in [4.78, 5) is 7.84. The molecule has 0 unspecified atom stereocenters. The molecule has 0 aliphatic carbocycles. The van der Waals surface area contributed by atoms with Crippen LogP contribution in [0.25, 0.3) is 0 Å². The second kappa shape index (κ2) is 4.36. The van der Waals surface area contributed by atoms with Crippen LogP contribution in [0.3, 0.4) is 0 Å². The smallest absolute Gasteiger partial charge is 0.230 e. The van der Waals surface area contributed by atoms with Gasteiger partial charge in [0.15, 0.2) is 11.6 Å². The van der Waals surface area contributed by atoms with E-state index >= 15 is 0 Å². The lowest BCUT2D eigenvalue weighted by molar-refractivity contribution is 0.619. The quantitative estimate of drug-likeness (QED) is 0.844. The van der Waals surface area contributed by atoms with E-state index in [1.54, 1.807) is 18.8 Å². The van der Waals surface area contributed by atoms with Gasteiger partial charge in [-0.1, -0.05) is 0 Å². The van der Waals surface area contributed by atoms with Gasteiger partial charge in [-0.15, -0.1) is 0 Å². The molecule has 0 atom stereocenters. The van der Waals surface area contributed by atoms with Crippen LogP contribution in [0, 0.1) is 12.7 Å². The van der Waals surface area contributed by atoms with Crippen molar-refractivity contribution >= 4 is 17.6 Å². The van der Waals surface area contributed by atoms with Crippen molar-refractivity contribution in [1.82, 2.24) is 19.7 Å². The Balaban J connectivity index is 2.27. The second-order valence-electron chi connectivity index (χ2n) is 3.56. The van der Waals surface area contributed by atoms with E-state index in [9.17, 15) is 4.39 Å². The average molecular weight is 236 g/mol. The van der Waals surface area contributed by atoms with E-state index in [0.29, 0.717) is 5.95 Å². The Morgan fingerprint density at radius 2 is 2.18 bits per heavy atom. The molecule has 2 aromatic heterocycles. The molecule has 90 valence electrons. The Labute approximate surface area is 97.9 Å². The molecule has 17 heavy (non-hydrogen) atoms. The minimum atomic E-state index is -0.487. The SMILES string of the molecule is CNc1nc(Nc2cc(C)nn2C)ncc1F. The lowest BCUT2D eigenvalue weighted by Crippen LogP contribution is -2.05. The highest BCUT2D eigenvalue weighted by Gasteiger charge is 2.07. The van der Waals surface area contributed by atoms with Gasteiger partial charge in [0.2, 0.25) is 5.95 Å². The van der Waals surface area contributed by atoms with Gasteiger partial charge in [0.25, 0.3) is 0 Å². The molecule has 0 fully saturated rings. The van der Waals surface area contributed by atoms with Crippen LogP contribution in [0.2, 0.25) is 0 Å². The minimum absolute atomic E-state index is 0.154. The first-order valence-electron chi connectivity index (χ1n) is 5.08. The number of halogens is 1. The van der Waals surface area contributed by atoms with Crippen molar-refractivity contribution in [3.63, 3.8) is 0 Å². The highest BCUT2D eigenvalue weighted by Crippen LogP contribution is 2.16. The van der Waals surface area contributed by atoms with E-state index in [-0.39, 0.29) is 5.82 Å². The maximum absolute atomic E-state index is 13.2. The van der Waals surface area contributed by atoms with Crippen LogP contribution in [0.4, 0.5) is 22.0 Å². The molecular weight excluding hydrogens is 223 g/mol. The zero-order valence-corrected chi connectivity index (χ0v) is 9.82. The predicted molar refractivity (Wildman–Crippen MR) is 62.8 cm³/mol. The summed E-state index contributed by atoms with van der Waals surface area (Å²) in [5.74, 6) is 0.732. The third kappa shape index (κ3) is 2.32. The van der Waals surface area contributed by atoms with Gasteiger partial charge in [-0.25, -0.2) is 9.37 Å². The summed E-state index contributed by atoms with van der Waals surface area (Å²) in [6.45, 7) is 1.88. The zero-order valence-electron chi connectivity index (χ0n) is 9.82. The summed E-state index contributed by atoms with van der Waals surface area (Å²) in [7, 11) is 3.40. The van der Waals surface area contributed by atoms with Gasteiger partial charge in [0.1, 0.15) is 5.82 Å². The average Bonchev–Trinajstić information content (AvgIpc) is 2.60. The van der Waals surface area contributed by atoms with Gasteiger partial charge in [-0.05, 0) is 6.92 Å². The number of nitrogens with zero attached hydrogens (tertiary/aromatic N) is 4. The van der Waals surface area contributed by atoms with Crippen molar-refractivity contribution < 1.29 is 4.39 Å². The number of anilines is 3. The molecule has 7 heteroatoms. The zero-order chi connectivity index (χ0) is 12.4. The maximum atomic E-state index is 13.2. The van der Waals surface area contributed by atoms with Crippen molar-refractivity contribution in [1.29, 1.82) is 0 Å². The van der Waals surface area contributed by atoms with E-state index in [0.717, 1.165) is 17.7 Å². The third-order valence-electron chi connectivity index (χ3n) is 2.22. The number of aromatic nitrogens is 4. The van der Waals surface area contributed by atoms with Crippen molar-refractivity contribution in [2.45, 2.75) is 6.92 Å².